The van der Waals surface area contributed by atoms with E-state index >= 15 is 0 Å². The molecule has 6 aromatic rings. The van der Waals surface area contributed by atoms with E-state index in [1.165, 1.54) is 0 Å². The second-order valence-corrected chi connectivity index (χ2v) is 8.58. The van der Waals surface area contributed by atoms with Crippen LogP contribution in [-0.2, 0) is 5.60 Å². The summed E-state index contributed by atoms with van der Waals surface area (Å²) in [5, 5.41) is 12.6. The van der Waals surface area contributed by atoms with E-state index in [2.05, 4.69) is 15.0 Å². The molecule has 7 nitrogen and oxygen atoms in total. The van der Waals surface area contributed by atoms with Crippen LogP contribution in [0.25, 0.3) is 34.2 Å². The Morgan fingerprint density at radius 1 is 0.368 bits per heavy atom. The Balaban J connectivity index is 1.56. The minimum atomic E-state index is -1.78. The van der Waals surface area contributed by atoms with E-state index < -0.39 is 5.60 Å². The van der Waals surface area contributed by atoms with Gasteiger partial charge in [-0.05, 0) is 72.8 Å². The number of aromatic nitrogens is 6. The highest BCUT2D eigenvalue weighted by Crippen LogP contribution is 2.36. The molecule has 7 heteroatoms. The molecule has 0 amide bonds. The van der Waals surface area contributed by atoms with Crippen LogP contribution in [0.4, 0.5) is 0 Å². The van der Waals surface area contributed by atoms with Crippen LogP contribution in [0.3, 0.4) is 0 Å². The fraction of sp³-hybridized carbons (Fsp3) is 0.0323. The molecular weight excluding hydrogens is 472 g/mol. The Morgan fingerprint density at radius 2 is 0.684 bits per heavy atom. The summed E-state index contributed by atoms with van der Waals surface area (Å²) in [5.74, 6) is 0. The quantitative estimate of drug-likeness (QED) is 0.334. The molecule has 0 atom stereocenters. The lowest BCUT2D eigenvalue weighted by molar-refractivity contribution is 0.111. The molecule has 0 unspecified atom stereocenters. The van der Waals surface area contributed by atoms with Gasteiger partial charge in [-0.3, -0.25) is 15.0 Å². The molecule has 6 heterocycles. The van der Waals surface area contributed by atoms with Crippen molar-refractivity contribution in [2.75, 3.05) is 0 Å². The first-order valence-electron chi connectivity index (χ1n) is 12.1. The lowest BCUT2D eigenvalue weighted by Crippen LogP contribution is -2.32. The van der Waals surface area contributed by atoms with Crippen molar-refractivity contribution >= 4 is 0 Å². The van der Waals surface area contributed by atoms with Gasteiger partial charge in [-0.2, -0.15) is 0 Å². The number of pyridine rings is 6. The predicted octanol–water partition coefficient (Wildman–Crippen LogP) is 5.34. The second-order valence-electron chi connectivity index (χ2n) is 8.58. The average molecular weight is 495 g/mol. The predicted molar refractivity (Wildman–Crippen MR) is 145 cm³/mol. The normalized spacial score (nSPS) is 11.3. The SMILES string of the molecule is OC(c1cccc(-c2ccccn2)n1)(c1cccc(-c2ccccn2)n1)c1cccc(-c2ccccn2)n1. The number of rotatable bonds is 6. The molecule has 182 valence electrons. The van der Waals surface area contributed by atoms with Gasteiger partial charge in [-0.25, -0.2) is 15.0 Å². The summed E-state index contributed by atoms with van der Waals surface area (Å²) in [4.78, 5) is 27.8. The van der Waals surface area contributed by atoms with Gasteiger partial charge in [0.25, 0.3) is 0 Å². The van der Waals surface area contributed by atoms with E-state index in [4.69, 9.17) is 15.0 Å². The Hall–Kier alpha value is -5.14. The summed E-state index contributed by atoms with van der Waals surface area (Å²) in [6.45, 7) is 0. The van der Waals surface area contributed by atoms with Gasteiger partial charge >= 0.3 is 0 Å². The third-order valence-corrected chi connectivity index (χ3v) is 6.14. The Kier molecular flexibility index (Phi) is 6.17. The van der Waals surface area contributed by atoms with Crippen LogP contribution in [0.15, 0.2) is 128 Å². The van der Waals surface area contributed by atoms with Gasteiger partial charge in [0.05, 0.1) is 51.2 Å². The van der Waals surface area contributed by atoms with Crippen molar-refractivity contribution in [2.24, 2.45) is 0 Å². The lowest BCUT2D eigenvalue weighted by Gasteiger charge is -2.28. The van der Waals surface area contributed by atoms with Gasteiger partial charge in [0, 0.05) is 18.6 Å². The summed E-state index contributed by atoms with van der Waals surface area (Å²) in [5.41, 5.74) is 3.31. The molecule has 0 saturated heterocycles. The maximum atomic E-state index is 12.6. The first kappa shape index (κ1) is 23.3. The van der Waals surface area contributed by atoms with Crippen LogP contribution in [0.1, 0.15) is 17.1 Å². The highest BCUT2D eigenvalue weighted by atomic mass is 16.3. The third-order valence-electron chi connectivity index (χ3n) is 6.14. The lowest BCUT2D eigenvalue weighted by atomic mass is 9.89. The summed E-state index contributed by atoms with van der Waals surface area (Å²) >= 11 is 0. The fourth-order valence-electron chi connectivity index (χ4n) is 4.27. The van der Waals surface area contributed by atoms with Crippen molar-refractivity contribution in [3.63, 3.8) is 0 Å². The zero-order valence-electron chi connectivity index (χ0n) is 20.3. The molecule has 6 aromatic heterocycles. The molecule has 0 aliphatic heterocycles. The molecule has 0 fully saturated rings. The van der Waals surface area contributed by atoms with Crippen LogP contribution in [0.2, 0.25) is 0 Å². The monoisotopic (exact) mass is 494 g/mol. The Morgan fingerprint density at radius 3 is 0.974 bits per heavy atom. The molecular formula is C31H22N6O. The van der Waals surface area contributed by atoms with Crippen LogP contribution in [0, 0.1) is 0 Å². The maximum Gasteiger partial charge on any atom is 0.191 e. The standard InChI is InChI=1S/C31H22N6O/c38-31(28-16-7-13-25(35-28)22-10-1-4-19-32-22,29-17-8-14-26(36-29)23-11-2-5-20-33-23)30-18-9-15-27(37-30)24-12-3-6-21-34-24/h1-21,38H. The van der Waals surface area contributed by atoms with Crippen LogP contribution >= 0.6 is 0 Å². The van der Waals surface area contributed by atoms with Gasteiger partial charge in [-0.1, -0.05) is 36.4 Å². The molecule has 0 radical (unpaired) electrons. The molecule has 0 aliphatic carbocycles. The van der Waals surface area contributed by atoms with E-state index in [1.807, 2.05) is 91.0 Å². The molecule has 0 bridgehead atoms. The van der Waals surface area contributed by atoms with Crippen molar-refractivity contribution < 1.29 is 5.11 Å². The minimum Gasteiger partial charge on any atom is -0.372 e. The van der Waals surface area contributed by atoms with Crippen molar-refractivity contribution in [3.8, 4) is 34.2 Å². The van der Waals surface area contributed by atoms with Crippen LogP contribution < -0.4 is 0 Å². The number of hydrogen-bond donors (Lipinski definition) is 1. The van der Waals surface area contributed by atoms with E-state index in [-0.39, 0.29) is 0 Å². The average Bonchev–Trinajstić information content (AvgIpc) is 3.02. The van der Waals surface area contributed by atoms with Crippen LogP contribution in [-0.4, -0.2) is 35.0 Å². The van der Waals surface area contributed by atoms with Gasteiger partial charge in [0.15, 0.2) is 5.60 Å². The third kappa shape index (κ3) is 4.42. The molecule has 6 rings (SSSR count). The largest absolute Gasteiger partial charge is 0.372 e. The summed E-state index contributed by atoms with van der Waals surface area (Å²) in [6.07, 6.45) is 5.14. The molecule has 0 spiro atoms. The van der Waals surface area contributed by atoms with E-state index in [9.17, 15) is 5.11 Å². The second kappa shape index (κ2) is 10.1. The summed E-state index contributed by atoms with van der Waals surface area (Å²) in [6, 6.07) is 33.4. The van der Waals surface area contributed by atoms with Gasteiger partial charge < -0.3 is 5.11 Å². The molecule has 0 aromatic carbocycles. The van der Waals surface area contributed by atoms with Crippen molar-refractivity contribution in [1.82, 2.24) is 29.9 Å². The minimum absolute atomic E-state index is 0.372. The summed E-state index contributed by atoms with van der Waals surface area (Å²) in [7, 11) is 0. The first-order chi connectivity index (χ1) is 18.7. The van der Waals surface area contributed by atoms with E-state index in [0.717, 1.165) is 0 Å². The topological polar surface area (TPSA) is 97.6 Å². The number of nitrogens with zero attached hydrogens (tertiary/aromatic N) is 6. The van der Waals surface area contributed by atoms with E-state index in [1.54, 1.807) is 36.8 Å². The number of hydrogen-bond acceptors (Lipinski definition) is 7. The maximum absolute atomic E-state index is 12.6. The van der Waals surface area contributed by atoms with Crippen molar-refractivity contribution in [1.29, 1.82) is 0 Å². The molecule has 0 aliphatic rings. The first-order valence-corrected chi connectivity index (χ1v) is 12.1. The Bertz CT molecular complexity index is 1480. The molecule has 38 heavy (non-hydrogen) atoms. The number of aliphatic hydroxyl groups is 1. The zero-order valence-corrected chi connectivity index (χ0v) is 20.3. The zero-order chi connectivity index (χ0) is 25.8. The van der Waals surface area contributed by atoms with Crippen molar-refractivity contribution in [2.45, 2.75) is 5.60 Å². The van der Waals surface area contributed by atoms with Gasteiger partial charge in [0.2, 0.25) is 0 Å². The highest BCUT2D eigenvalue weighted by Gasteiger charge is 2.39. The molecule has 0 saturated carbocycles. The van der Waals surface area contributed by atoms with Crippen molar-refractivity contribution in [3.05, 3.63) is 145 Å². The Labute approximate surface area is 219 Å². The smallest absolute Gasteiger partial charge is 0.191 e. The van der Waals surface area contributed by atoms with E-state index in [0.29, 0.717) is 51.2 Å². The summed E-state index contributed by atoms with van der Waals surface area (Å²) < 4.78 is 0. The highest BCUT2D eigenvalue weighted by molar-refractivity contribution is 5.58. The molecule has 1 N–H and O–H groups in total. The fourth-order valence-corrected chi connectivity index (χ4v) is 4.27. The van der Waals surface area contributed by atoms with Crippen LogP contribution in [0.5, 0.6) is 0 Å². The van der Waals surface area contributed by atoms with Gasteiger partial charge in [-0.15, -0.1) is 0 Å². The van der Waals surface area contributed by atoms with Gasteiger partial charge in [0.1, 0.15) is 0 Å².